The van der Waals surface area contributed by atoms with E-state index in [-0.39, 0.29) is 4.90 Å². The molecule has 0 saturated carbocycles. The number of aliphatic carboxylic acids is 1. The van der Waals surface area contributed by atoms with Gasteiger partial charge in [0.2, 0.25) is 0 Å². The van der Waals surface area contributed by atoms with Gasteiger partial charge in [0.15, 0.2) is 0 Å². The predicted molar refractivity (Wildman–Crippen MR) is 81.1 cm³/mol. The smallest absolute Gasteiger partial charge is 0.313 e. The van der Waals surface area contributed by atoms with Crippen molar-refractivity contribution in [2.24, 2.45) is 0 Å². The molecule has 0 amide bonds. The molecule has 0 fully saturated rings. The molecule has 0 bridgehead atoms. The minimum atomic E-state index is -3.98. The van der Waals surface area contributed by atoms with E-state index in [0.29, 0.717) is 5.56 Å². The van der Waals surface area contributed by atoms with E-state index in [9.17, 15) is 18.3 Å². The van der Waals surface area contributed by atoms with Crippen LogP contribution < -0.4 is 0 Å². The number of hydrogen-bond acceptors (Lipinski definition) is 4. The third kappa shape index (κ3) is 3.93. The highest BCUT2D eigenvalue weighted by molar-refractivity contribution is 7.86. The third-order valence-corrected chi connectivity index (χ3v) is 4.50. The van der Waals surface area contributed by atoms with Gasteiger partial charge < -0.3 is 5.11 Å². The van der Waals surface area contributed by atoms with E-state index in [1.54, 1.807) is 42.5 Å². The van der Waals surface area contributed by atoms with E-state index in [2.05, 4.69) is 0 Å². The summed E-state index contributed by atoms with van der Waals surface area (Å²) in [6.07, 6.45) is 0. The number of carboxylic acid groups (broad SMARTS) is 1. The summed E-state index contributed by atoms with van der Waals surface area (Å²) in [5, 5.41) is 9.26. The van der Waals surface area contributed by atoms with Crippen molar-refractivity contribution < 1.29 is 22.5 Å². The lowest BCUT2D eigenvalue weighted by molar-refractivity contribution is -0.139. The molecule has 2 rings (SSSR count). The van der Waals surface area contributed by atoms with E-state index in [1.165, 1.54) is 12.1 Å². The highest BCUT2D eigenvalue weighted by Gasteiger charge is 2.24. The predicted octanol–water partition coefficient (Wildman–Crippen LogP) is 2.57. The molecule has 0 saturated heterocycles. The summed E-state index contributed by atoms with van der Waals surface area (Å²) in [4.78, 5) is 11.3. The van der Waals surface area contributed by atoms with Crippen LogP contribution in [-0.4, -0.2) is 26.1 Å². The van der Waals surface area contributed by atoms with Crippen molar-refractivity contribution in [2.45, 2.75) is 17.7 Å². The molecule has 0 aliphatic rings. The van der Waals surface area contributed by atoms with Crippen LogP contribution in [0.5, 0.6) is 0 Å². The van der Waals surface area contributed by atoms with Crippen molar-refractivity contribution >= 4 is 16.1 Å². The van der Waals surface area contributed by atoms with Crippen LogP contribution in [0, 0.1) is 6.92 Å². The Balaban J connectivity index is 2.15. The first-order chi connectivity index (χ1) is 10.4. The Morgan fingerprint density at radius 1 is 1.09 bits per heavy atom. The summed E-state index contributed by atoms with van der Waals surface area (Å²) in [5.74, 6) is -2.17. The number of hydrogen-bond donors (Lipinski definition) is 1. The van der Waals surface area contributed by atoms with Gasteiger partial charge in [-0.1, -0.05) is 48.0 Å². The molecule has 2 aromatic carbocycles. The van der Waals surface area contributed by atoms with Crippen molar-refractivity contribution in [3.63, 3.8) is 0 Å². The standard InChI is InChI=1S/C16H16O5S/c1-12-7-9-14(10-8-12)22(19,20)21-11-15(16(17)18)13-5-3-2-4-6-13/h2-10,15H,11H2,1H3,(H,17,18). The lowest BCUT2D eigenvalue weighted by atomic mass is 10.0. The molecule has 0 heterocycles. The fraction of sp³-hybridized carbons (Fsp3) is 0.188. The Bertz CT molecular complexity index is 736. The van der Waals surface area contributed by atoms with Crippen molar-refractivity contribution in [3.05, 3.63) is 65.7 Å². The van der Waals surface area contributed by atoms with Gasteiger partial charge in [0.1, 0.15) is 5.92 Å². The normalized spacial score (nSPS) is 12.8. The first-order valence-electron chi connectivity index (χ1n) is 6.64. The highest BCUT2D eigenvalue weighted by Crippen LogP contribution is 2.20. The monoisotopic (exact) mass is 320 g/mol. The van der Waals surface area contributed by atoms with Crippen LogP contribution in [-0.2, 0) is 19.1 Å². The van der Waals surface area contributed by atoms with Gasteiger partial charge >= 0.3 is 5.97 Å². The van der Waals surface area contributed by atoms with Gasteiger partial charge in [-0.3, -0.25) is 8.98 Å². The second-order valence-corrected chi connectivity index (χ2v) is 6.47. The largest absolute Gasteiger partial charge is 0.481 e. The Hall–Kier alpha value is -2.18. The van der Waals surface area contributed by atoms with Gasteiger partial charge in [0.05, 0.1) is 11.5 Å². The van der Waals surface area contributed by atoms with E-state index >= 15 is 0 Å². The molecule has 0 aromatic heterocycles. The number of benzene rings is 2. The van der Waals surface area contributed by atoms with Crippen molar-refractivity contribution in [3.8, 4) is 0 Å². The Morgan fingerprint density at radius 2 is 1.68 bits per heavy atom. The number of carboxylic acids is 1. The average Bonchev–Trinajstić information content (AvgIpc) is 2.48. The molecule has 22 heavy (non-hydrogen) atoms. The zero-order valence-corrected chi connectivity index (χ0v) is 12.8. The zero-order chi connectivity index (χ0) is 16.2. The Labute approximate surface area is 129 Å². The first-order valence-corrected chi connectivity index (χ1v) is 8.05. The molecular formula is C16H16O5S. The molecule has 0 aliphatic heterocycles. The van der Waals surface area contributed by atoms with Crippen molar-refractivity contribution in [1.29, 1.82) is 0 Å². The maximum Gasteiger partial charge on any atom is 0.313 e. The van der Waals surface area contributed by atoms with Gasteiger partial charge in [-0.2, -0.15) is 8.42 Å². The SMILES string of the molecule is Cc1ccc(S(=O)(=O)OCC(C(=O)O)c2ccccc2)cc1. The molecule has 5 nitrogen and oxygen atoms in total. The maximum atomic E-state index is 12.1. The summed E-state index contributed by atoms with van der Waals surface area (Å²) in [7, 11) is -3.98. The minimum absolute atomic E-state index is 0.00954. The summed E-state index contributed by atoms with van der Waals surface area (Å²) in [5.41, 5.74) is 1.42. The molecule has 6 heteroatoms. The van der Waals surface area contributed by atoms with Gasteiger partial charge in [0.25, 0.3) is 10.1 Å². The fourth-order valence-corrected chi connectivity index (χ4v) is 2.85. The molecule has 116 valence electrons. The first kappa shape index (κ1) is 16.2. The Morgan fingerprint density at radius 3 is 2.23 bits per heavy atom. The molecule has 2 aromatic rings. The maximum absolute atomic E-state index is 12.1. The fourth-order valence-electron chi connectivity index (χ4n) is 1.93. The summed E-state index contributed by atoms with van der Waals surface area (Å²) in [6.45, 7) is 1.39. The van der Waals surface area contributed by atoms with Gasteiger partial charge in [-0.05, 0) is 24.6 Å². The quantitative estimate of drug-likeness (QED) is 0.827. The highest BCUT2D eigenvalue weighted by atomic mass is 32.2. The second-order valence-electron chi connectivity index (χ2n) is 4.85. The van der Waals surface area contributed by atoms with Crippen LogP contribution in [0.2, 0.25) is 0 Å². The van der Waals surface area contributed by atoms with E-state index in [4.69, 9.17) is 4.18 Å². The molecule has 0 aliphatic carbocycles. The molecule has 1 N–H and O–H groups in total. The van der Waals surface area contributed by atoms with Crippen molar-refractivity contribution in [2.75, 3.05) is 6.61 Å². The lowest BCUT2D eigenvalue weighted by Crippen LogP contribution is -2.20. The van der Waals surface area contributed by atoms with E-state index in [0.717, 1.165) is 5.56 Å². The molecular weight excluding hydrogens is 304 g/mol. The molecule has 1 unspecified atom stereocenters. The van der Waals surface area contributed by atoms with Crippen LogP contribution in [0.4, 0.5) is 0 Å². The van der Waals surface area contributed by atoms with Crippen LogP contribution in [0.15, 0.2) is 59.5 Å². The lowest BCUT2D eigenvalue weighted by Gasteiger charge is -2.13. The van der Waals surface area contributed by atoms with E-state index < -0.39 is 28.6 Å². The summed E-state index contributed by atoms with van der Waals surface area (Å²) in [6, 6.07) is 14.6. The topological polar surface area (TPSA) is 80.7 Å². The van der Waals surface area contributed by atoms with Gasteiger partial charge in [-0.25, -0.2) is 0 Å². The van der Waals surface area contributed by atoms with Crippen LogP contribution >= 0.6 is 0 Å². The number of rotatable bonds is 6. The summed E-state index contributed by atoms with van der Waals surface area (Å²) >= 11 is 0. The molecule has 0 spiro atoms. The number of carbonyl (C=O) groups is 1. The summed E-state index contributed by atoms with van der Waals surface area (Å²) < 4.78 is 29.1. The minimum Gasteiger partial charge on any atom is -0.481 e. The third-order valence-electron chi connectivity index (χ3n) is 3.20. The van der Waals surface area contributed by atoms with Crippen LogP contribution in [0.25, 0.3) is 0 Å². The Kier molecular flexibility index (Phi) is 4.95. The molecule has 0 radical (unpaired) electrons. The molecule has 1 atom stereocenters. The van der Waals surface area contributed by atoms with Gasteiger partial charge in [-0.15, -0.1) is 0 Å². The van der Waals surface area contributed by atoms with Crippen LogP contribution in [0.3, 0.4) is 0 Å². The van der Waals surface area contributed by atoms with E-state index in [1.807, 2.05) is 6.92 Å². The number of aryl methyl sites for hydroxylation is 1. The van der Waals surface area contributed by atoms with Crippen molar-refractivity contribution in [1.82, 2.24) is 0 Å². The second kappa shape index (κ2) is 6.72. The van der Waals surface area contributed by atoms with Crippen LogP contribution in [0.1, 0.15) is 17.0 Å². The van der Waals surface area contributed by atoms with Gasteiger partial charge in [0, 0.05) is 0 Å². The average molecular weight is 320 g/mol. The zero-order valence-electron chi connectivity index (χ0n) is 12.0.